The van der Waals surface area contributed by atoms with Crippen molar-refractivity contribution in [1.82, 2.24) is 24.4 Å². The van der Waals surface area contributed by atoms with Gasteiger partial charge in [0.15, 0.2) is 0 Å². The number of halogens is 1. The second-order valence-corrected chi connectivity index (χ2v) is 8.65. The van der Waals surface area contributed by atoms with Gasteiger partial charge in [0, 0.05) is 36.1 Å². The molecule has 1 aromatic carbocycles. The van der Waals surface area contributed by atoms with Crippen LogP contribution in [0.3, 0.4) is 0 Å². The average Bonchev–Trinajstić information content (AvgIpc) is 3.43. The molecule has 3 aromatic heterocycles. The first kappa shape index (κ1) is 22.5. The largest absolute Gasteiger partial charge is 0.447 e. The van der Waals surface area contributed by atoms with E-state index in [-0.39, 0.29) is 35.2 Å². The van der Waals surface area contributed by atoms with E-state index in [0.29, 0.717) is 35.9 Å². The Bertz CT molecular complexity index is 1420. The van der Waals surface area contributed by atoms with Crippen molar-refractivity contribution in [1.29, 1.82) is 0 Å². The first-order valence-electron chi connectivity index (χ1n) is 11.1. The third kappa shape index (κ3) is 4.32. The van der Waals surface area contributed by atoms with Gasteiger partial charge in [0.2, 0.25) is 11.7 Å². The van der Waals surface area contributed by atoms with Crippen molar-refractivity contribution in [3.05, 3.63) is 65.7 Å². The maximum atomic E-state index is 14.7. The summed E-state index contributed by atoms with van der Waals surface area (Å²) in [5.41, 5.74) is 1.86. The molecule has 0 aliphatic carbocycles. The summed E-state index contributed by atoms with van der Waals surface area (Å²) in [6.07, 6.45) is 2.61. The lowest BCUT2D eigenvalue weighted by molar-refractivity contribution is 0.0463. The summed E-state index contributed by atoms with van der Waals surface area (Å²) in [5, 5.41) is 6.73. The summed E-state index contributed by atoms with van der Waals surface area (Å²) in [5.74, 6) is -0.535. The van der Waals surface area contributed by atoms with Gasteiger partial charge in [-0.1, -0.05) is 11.2 Å². The first-order chi connectivity index (χ1) is 16.8. The number of nitrogens with one attached hydrogen (secondary N) is 1. The minimum atomic E-state index is -0.520. The number of imidazole rings is 1. The highest BCUT2D eigenvalue weighted by molar-refractivity contribution is 6.04. The normalized spacial score (nSPS) is 13.8. The van der Waals surface area contributed by atoms with Crippen LogP contribution in [0.15, 0.2) is 47.2 Å². The van der Waals surface area contributed by atoms with Crippen LogP contribution < -0.4 is 5.32 Å². The van der Waals surface area contributed by atoms with E-state index >= 15 is 0 Å². The van der Waals surface area contributed by atoms with Crippen LogP contribution in [0.2, 0.25) is 0 Å². The highest BCUT2D eigenvalue weighted by Crippen LogP contribution is 2.31. The predicted molar refractivity (Wildman–Crippen MR) is 124 cm³/mol. The highest BCUT2D eigenvalue weighted by Gasteiger charge is 2.37. The van der Waals surface area contributed by atoms with Gasteiger partial charge in [-0.2, -0.15) is 4.98 Å². The lowest BCUT2D eigenvalue weighted by Gasteiger charge is -2.36. The minimum absolute atomic E-state index is 0.124. The molecule has 1 aliphatic rings. The number of amides is 2. The number of hydrogen-bond acceptors (Lipinski definition) is 7. The highest BCUT2D eigenvalue weighted by atomic mass is 19.1. The van der Waals surface area contributed by atoms with E-state index in [9.17, 15) is 14.0 Å². The molecule has 5 rings (SSSR count). The third-order valence-corrected chi connectivity index (χ3v) is 5.77. The Morgan fingerprint density at radius 1 is 1.26 bits per heavy atom. The molecule has 10 nitrogen and oxygen atoms in total. The van der Waals surface area contributed by atoms with Gasteiger partial charge in [-0.05, 0) is 45.0 Å². The molecule has 1 N–H and O–H groups in total. The molecule has 1 aliphatic heterocycles. The van der Waals surface area contributed by atoms with Gasteiger partial charge in [-0.25, -0.2) is 14.2 Å². The number of fused-ring (bicyclic) bond motifs is 1. The molecule has 0 bridgehead atoms. The van der Waals surface area contributed by atoms with Crippen molar-refractivity contribution >= 4 is 23.3 Å². The Morgan fingerprint density at radius 2 is 2.06 bits per heavy atom. The number of carbonyl (C=O) groups excluding carboxylic acids is 2. The Labute approximate surface area is 199 Å². The van der Waals surface area contributed by atoms with Gasteiger partial charge in [0.25, 0.3) is 5.91 Å². The molecule has 1 saturated heterocycles. The minimum Gasteiger partial charge on any atom is -0.447 e. The molecule has 0 atom stereocenters. The Hall–Kier alpha value is -4.28. The summed E-state index contributed by atoms with van der Waals surface area (Å²) < 4.78 is 26.9. The zero-order valence-electron chi connectivity index (χ0n) is 19.4. The van der Waals surface area contributed by atoms with Crippen LogP contribution in [-0.2, 0) is 4.74 Å². The average molecular weight is 478 g/mol. The van der Waals surface area contributed by atoms with Gasteiger partial charge in [-0.15, -0.1) is 0 Å². The van der Waals surface area contributed by atoms with Crippen LogP contribution in [0.1, 0.15) is 41.7 Å². The predicted octanol–water partition coefficient (Wildman–Crippen LogP) is 4.03. The SMILES string of the molecule is Cc1c(F)cc(-c2noc(C3CN(C(=O)OC(C)C)C3)n2)cc1NC(=O)c1cnc2ccccn12. The molecule has 2 amide bonds. The van der Waals surface area contributed by atoms with Crippen LogP contribution in [0.25, 0.3) is 17.0 Å². The fourth-order valence-electron chi connectivity index (χ4n) is 3.80. The number of ether oxygens (including phenoxy) is 1. The van der Waals surface area contributed by atoms with E-state index in [1.165, 1.54) is 12.3 Å². The van der Waals surface area contributed by atoms with E-state index in [1.54, 1.807) is 54.5 Å². The van der Waals surface area contributed by atoms with Crippen LogP contribution in [0.4, 0.5) is 14.9 Å². The molecule has 180 valence electrons. The second-order valence-electron chi connectivity index (χ2n) is 8.65. The van der Waals surface area contributed by atoms with E-state index < -0.39 is 11.7 Å². The van der Waals surface area contributed by atoms with Crippen LogP contribution >= 0.6 is 0 Å². The number of nitrogens with zero attached hydrogens (tertiary/aromatic N) is 5. The standard InChI is InChI=1S/C24H23FN6O4/c1-13(2)34-24(33)30-11-16(12-30)23-28-21(29-35-23)15-8-17(25)14(3)18(9-15)27-22(32)19-10-26-20-6-4-5-7-31(19)20/h4-10,13,16H,11-12H2,1-3H3,(H,27,32). The Kier molecular flexibility index (Phi) is 5.67. The maximum Gasteiger partial charge on any atom is 0.410 e. The van der Waals surface area contributed by atoms with Gasteiger partial charge < -0.3 is 19.5 Å². The van der Waals surface area contributed by atoms with Crippen molar-refractivity contribution in [3.63, 3.8) is 0 Å². The van der Waals surface area contributed by atoms with Crippen molar-refractivity contribution < 1.29 is 23.2 Å². The monoisotopic (exact) mass is 478 g/mol. The smallest absolute Gasteiger partial charge is 0.410 e. The second kappa shape index (κ2) is 8.82. The van der Waals surface area contributed by atoms with E-state index in [1.807, 2.05) is 6.07 Å². The lowest BCUT2D eigenvalue weighted by atomic mass is 10.0. The summed E-state index contributed by atoms with van der Waals surface area (Å²) in [6, 6.07) is 8.29. The van der Waals surface area contributed by atoms with Gasteiger partial charge in [-0.3, -0.25) is 9.20 Å². The summed E-state index contributed by atoms with van der Waals surface area (Å²) in [6.45, 7) is 5.94. The van der Waals surface area contributed by atoms with Crippen LogP contribution in [0, 0.1) is 12.7 Å². The van der Waals surface area contributed by atoms with Crippen molar-refractivity contribution in [2.24, 2.45) is 0 Å². The third-order valence-electron chi connectivity index (χ3n) is 5.77. The van der Waals surface area contributed by atoms with Crippen molar-refractivity contribution in [2.45, 2.75) is 32.8 Å². The van der Waals surface area contributed by atoms with Gasteiger partial charge >= 0.3 is 6.09 Å². The molecule has 1 fully saturated rings. The molecule has 4 heterocycles. The number of aromatic nitrogens is 4. The number of pyridine rings is 1. The number of benzene rings is 1. The van der Waals surface area contributed by atoms with E-state index in [4.69, 9.17) is 9.26 Å². The van der Waals surface area contributed by atoms with Crippen molar-refractivity contribution in [3.8, 4) is 11.4 Å². The summed E-state index contributed by atoms with van der Waals surface area (Å²) in [4.78, 5) is 35.0. The number of rotatable bonds is 5. The van der Waals surface area contributed by atoms with Crippen molar-refractivity contribution in [2.75, 3.05) is 18.4 Å². The number of carbonyl (C=O) groups is 2. The molecule has 0 spiro atoms. The van der Waals surface area contributed by atoms with E-state index in [2.05, 4.69) is 20.4 Å². The number of likely N-dealkylation sites (tertiary alicyclic amines) is 1. The van der Waals surface area contributed by atoms with Gasteiger partial charge in [0.1, 0.15) is 17.2 Å². The first-order valence-corrected chi connectivity index (χ1v) is 11.1. The van der Waals surface area contributed by atoms with Crippen LogP contribution in [-0.4, -0.2) is 55.6 Å². The molecule has 0 saturated carbocycles. The molecule has 11 heteroatoms. The number of hydrogen-bond donors (Lipinski definition) is 1. The quantitative estimate of drug-likeness (QED) is 0.461. The Balaban J connectivity index is 1.33. The summed E-state index contributed by atoms with van der Waals surface area (Å²) >= 11 is 0. The van der Waals surface area contributed by atoms with Crippen LogP contribution in [0.5, 0.6) is 0 Å². The molecule has 4 aromatic rings. The Morgan fingerprint density at radius 3 is 2.83 bits per heavy atom. The van der Waals surface area contributed by atoms with Gasteiger partial charge in [0.05, 0.1) is 18.2 Å². The molecule has 0 unspecified atom stereocenters. The number of anilines is 1. The fraction of sp³-hybridized carbons (Fsp3) is 0.292. The lowest BCUT2D eigenvalue weighted by Crippen LogP contribution is -2.49. The molecule has 35 heavy (non-hydrogen) atoms. The zero-order valence-corrected chi connectivity index (χ0v) is 19.4. The fourth-order valence-corrected chi connectivity index (χ4v) is 3.80. The zero-order chi connectivity index (χ0) is 24.7. The maximum absolute atomic E-state index is 14.7. The molecular weight excluding hydrogens is 455 g/mol. The van der Waals surface area contributed by atoms with E-state index in [0.717, 1.165) is 0 Å². The topological polar surface area (TPSA) is 115 Å². The molecule has 0 radical (unpaired) electrons. The molecular formula is C24H23FN6O4. The summed E-state index contributed by atoms with van der Waals surface area (Å²) in [7, 11) is 0.